The predicted molar refractivity (Wildman–Crippen MR) is 77.0 cm³/mol. The van der Waals surface area contributed by atoms with Crippen molar-refractivity contribution in [2.24, 2.45) is 0 Å². The quantitative estimate of drug-likeness (QED) is 0.825. The molecule has 7 heteroatoms. The third-order valence-electron chi connectivity index (χ3n) is 4.90. The topological polar surface area (TPSA) is 59.1 Å². The first-order valence-corrected chi connectivity index (χ1v) is 7.72. The Balaban J connectivity index is 1.43. The van der Waals surface area contributed by atoms with Gasteiger partial charge in [-0.15, -0.1) is 0 Å². The average molecular weight is 320 g/mol. The van der Waals surface area contributed by atoms with E-state index in [2.05, 4.69) is 0 Å². The van der Waals surface area contributed by atoms with Gasteiger partial charge in [0.2, 0.25) is 5.91 Å². The molecular formula is C16H17FN2O4. The molecule has 4 rings (SSSR count). The van der Waals surface area contributed by atoms with Crippen molar-refractivity contribution in [3.63, 3.8) is 0 Å². The monoisotopic (exact) mass is 320 g/mol. The highest BCUT2D eigenvalue weighted by Gasteiger charge is 2.62. The van der Waals surface area contributed by atoms with E-state index in [0.29, 0.717) is 38.3 Å². The third-order valence-corrected chi connectivity index (χ3v) is 4.90. The highest BCUT2D eigenvalue weighted by atomic mass is 19.1. The molecule has 2 amide bonds. The second kappa shape index (κ2) is 5.19. The van der Waals surface area contributed by atoms with Gasteiger partial charge in [0.15, 0.2) is 12.3 Å². The fourth-order valence-corrected chi connectivity index (χ4v) is 3.85. The maximum absolute atomic E-state index is 12.9. The summed E-state index contributed by atoms with van der Waals surface area (Å²) in [6, 6.07) is 5.29. The van der Waals surface area contributed by atoms with Crippen LogP contribution < -0.4 is 4.74 Å². The lowest BCUT2D eigenvalue weighted by atomic mass is 10.1. The molecule has 6 nitrogen and oxygen atoms in total. The van der Waals surface area contributed by atoms with Crippen LogP contribution in [0.3, 0.4) is 0 Å². The van der Waals surface area contributed by atoms with Crippen molar-refractivity contribution >= 4 is 11.8 Å². The van der Waals surface area contributed by atoms with Crippen molar-refractivity contribution in [3.8, 4) is 5.75 Å². The molecule has 2 atom stereocenters. The van der Waals surface area contributed by atoms with Crippen LogP contribution in [-0.2, 0) is 14.3 Å². The maximum Gasteiger partial charge on any atom is 0.260 e. The summed E-state index contributed by atoms with van der Waals surface area (Å²) in [5.41, 5.74) is -0.622. The summed E-state index contributed by atoms with van der Waals surface area (Å²) >= 11 is 0. The lowest BCUT2D eigenvalue weighted by Crippen LogP contribution is -2.49. The summed E-state index contributed by atoms with van der Waals surface area (Å²) in [5, 5.41) is 0. The van der Waals surface area contributed by atoms with Gasteiger partial charge in [-0.2, -0.15) is 0 Å². The normalized spacial score (nSPS) is 28.9. The number of ether oxygens (including phenoxy) is 2. The Bertz CT molecular complexity index is 650. The van der Waals surface area contributed by atoms with E-state index < -0.39 is 5.72 Å². The van der Waals surface area contributed by atoms with Crippen LogP contribution in [0.15, 0.2) is 24.3 Å². The number of hydrogen-bond donors (Lipinski definition) is 0. The number of likely N-dealkylation sites (tertiary alicyclic amines) is 1. The molecule has 0 bridgehead atoms. The number of carbonyl (C=O) groups is 2. The third kappa shape index (κ3) is 2.18. The van der Waals surface area contributed by atoms with E-state index in [4.69, 9.17) is 9.47 Å². The molecule has 3 aliphatic heterocycles. The summed E-state index contributed by atoms with van der Waals surface area (Å²) < 4.78 is 24.1. The lowest BCUT2D eigenvalue weighted by molar-refractivity contribution is -0.140. The zero-order valence-electron chi connectivity index (χ0n) is 12.5. The Labute approximate surface area is 132 Å². The van der Waals surface area contributed by atoms with E-state index in [-0.39, 0.29) is 30.3 Å². The molecule has 3 heterocycles. The number of benzene rings is 1. The fraction of sp³-hybridized carbons (Fsp3) is 0.500. The van der Waals surface area contributed by atoms with Gasteiger partial charge in [0.05, 0.1) is 19.1 Å². The maximum atomic E-state index is 12.9. The van der Waals surface area contributed by atoms with E-state index in [1.807, 2.05) is 0 Å². The van der Waals surface area contributed by atoms with Crippen molar-refractivity contribution in [2.75, 3.05) is 26.3 Å². The summed E-state index contributed by atoms with van der Waals surface area (Å²) in [5.74, 6) is -0.0474. The first kappa shape index (κ1) is 14.4. The number of carbonyl (C=O) groups excluding carboxylic acids is 2. The van der Waals surface area contributed by atoms with Gasteiger partial charge in [0, 0.05) is 19.5 Å². The molecule has 0 radical (unpaired) electrons. The van der Waals surface area contributed by atoms with E-state index >= 15 is 0 Å². The first-order valence-electron chi connectivity index (χ1n) is 7.72. The van der Waals surface area contributed by atoms with Crippen LogP contribution in [0.2, 0.25) is 0 Å². The molecule has 23 heavy (non-hydrogen) atoms. The minimum Gasteiger partial charge on any atom is -0.484 e. The molecule has 3 fully saturated rings. The SMILES string of the molecule is O=C(COc1ccc(F)cc1)N1CC[C@@]23OCCN2C(=O)C[C@@H]13. The molecule has 0 aliphatic carbocycles. The van der Waals surface area contributed by atoms with Crippen molar-refractivity contribution in [1.29, 1.82) is 0 Å². The average Bonchev–Trinajstić information content (AvgIpc) is 3.18. The molecule has 1 aromatic rings. The van der Waals surface area contributed by atoms with Crippen LogP contribution in [0, 0.1) is 5.82 Å². The molecule has 1 aromatic carbocycles. The standard InChI is InChI=1S/C16H17FN2O4/c17-11-1-3-12(4-2-11)22-10-15(21)18-6-5-16-13(18)9-14(20)19(16)7-8-23-16/h1-4,13H,5-10H2/t13-,16+/m1/s1. The van der Waals surface area contributed by atoms with Gasteiger partial charge < -0.3 is 19.3 Å². The van der Waals surface area contributed by atoms with Crippen molar-refractivity contribution in [2.45, 2.75) is 24.6 Å². The summed E-state index contributed by atoms with van der Waals surface area (Å²) in [7, 11) is 0. The highest BCUT2D eigenvalue weighted by molar-refractivity contribution is 5.85. The van der Waals surface area contributed by atoms with Gasteiger partial charge in [0.25, 0.3) is 5.91 Å². The van der Waals surface area contributed by atoms with Crippen LogP contribution in [-0.4, -0.2) is 59.7 Å². The Hall–Kier alpha value is -2.15. The molecule has 0 unspecified atom stereocenters. The summed E-state index contributed by atoms with van der Waals surface area (Å²) in [6.45, 7) is 1.55. The second-order valence-corrected chi connectivity index (χ2v) is 6.04. The number of hydrogen-bond acceptors (Lipinski definition) is 4. The number of halogens is 1. The minimum atomic E-state index is -0.622. The zero-order valence-corrected chi connectivity index (χ0v) is 12.5. The molecule has 3 aliphatic rings. The number of nitrogens with zero attached hydrogens (tertiary/aromatic N) is 2. The molecular weight excluding hydrogens is 303 g/mol. The van der Waals surface area contributed by atoms with Crippen molar-refractivity contribution in [3.05, 3.63) is 30.1 Å². The van der Waals surface area contributed by atoms with Gasteiger partial charge in [0.1, 0.15) is 11.6 Å². The van der Waals surface area contributed by atoms with Gasteiger partial charge in [-0.25, -0.2) is 4.39 Å². The van der Waals surface area contributed by atoms with Crippen molar-refractivity contribution < 1.29 is 23.5 Å². The molecule has 3 saturated heterocycles. The highest BCUT2D eigenvalue weighted by Crippen LogP contribution is 2.45. The lowest BCUT2D eigenvalue weighted by Gasteiger charge is -2.31. The Morgan fingerprint density at radius 2 is 2.13 bits per heavy atom. The number of rotatable bonds is 3. The second-order valence-electron chi connectivity index (χ2n) is 6.04. The van der Waals surface area contributed by atoms with E-state index in [9.17, 15) is 14.0 Å². The van der Waals surface area contributed by atoms with E-state index in [1.165, 1.54) is 24.3 Å². The van der Waals surface area contributed by atoms with Gasteiger partial charge in [-0.05, 0) is 24.3 Å². The Kier molecular flexibility index (Phi) is 3.26. The first-order chi connectivity index (χ1) is 11.1. The Morgan fingerprint density at radius 3 is 2.91 bits per heavy atom. The van der Waals surface area contributed by atoms with Crippen LogP contribution in [0.4, 0.5) is 4.39 Å². The molecule has 0 saturated carbocycles. The smallest absolute Gasteiger partial charge is 0.260 e. The van der Waals surface area contributed by atoms with Crippen LogP contribution >= 0.6 is 0 Å². The molecule has 122 valence electrons. The zero-order chi connectivity index (χ0) is 16.0. The van der Waals surface area contributed by atoms with Gasteiger partial charge in [-0.3, -0.25) is 9.59 Å². The van der Waals surface area contributed by atoms with Crippen LogP contribution in [0.1, 0.15) is 12.8 Å². The summed E-state index contributed by atoms with van der Waals surface area (Å²) in [4.78, 5) is 28.0. The minimum absolute atomic E-state index is 0.0458. The Morgan fingerprint density at radius 1 is 1.35 bits per heavy atom. The van der Waals surface area contributed by atoms with Crippen molar-refractivity contribution in [1.82, 2.24) is 9.80 Å². The van der Waals surface area contributed by atoms with E-state index in [0.717, 1.165) is 0 Å². The van der Waals surface area contributed by atoms with Crippen LogP contribution in [0.25, 0.3) is 0 Å². The molecule has 1 spiro atoms. The molecule has 0 aromatic heterocycles. The summed E-state index contributed by atoms with van der Waals surface area (Å²) in [6.07, 6.45) is 0.952. The van der Waals surface area contributed by atoms with Crippen LogP contribution in [0.5, 0.6) is 5.75 Å². The predicted octanol–water partition coefficient (Wildman–Crippen LogP) is 0.764. The number of amides is 2. The van der Waals surface area contributed by atoms with E-state index in [1.54, 1.807) is 9.80 Å². The fourth-order valence-electron chi connectivity index (χ4n) is 3.85. The van der Waals surface area contributed by atoms with Gasteiger partial charge >= 0.3 is 0 Å². The van der Waals surface area contributed by atoms with Gasteiger partial charge in [-0.1, -0.05) is 0 Å². The molecule has 0 N–H and O–H groups in total. The largest absolute Gasteiger partial charge is 0.484 e.